The monoisotopic (exact) mass is 247 g/mol. The van der Waals surface area contributed by atoms with Crippen molar-refractivity contribution in [1.29, 1.82) is 0 Å². The van der Waals surface area contributed by atoms with Gasteiger partial charge in [0.15, 0.2) is 0 Å². The number of hydrogen-bond acceptors (Lipinski definition) is 3. The molecule has 88 valence electrons. The molecule has 0 fully saturated rings. The normalized spacial score (nSPS) is 11.1. The predicted octanol–water partition coefficient (Wildman–Crippen LogP) is 1.43. The first-order valence-corrected chi connectivity index (χ1v) is 6.02. The molecule has 0 radical (unpaired) electrons. The van der Waals surface area contributed by atoms with Crippen LogP contribution in [0, 0.1) is 0 Å². The molecule has 0 spiro atoms. The van der Waals surface area contributed by atoms with Crippen molar-refractivity contribution < 1.29 is 22.8 Å². The number of benzene rings is 1. The van der Waals surface area contributed by atoms with Gasteiger partial charge in [-0.25, -0.2) is 13.2 Å². The molecule has 0 atom stereocenters. The highest BCUT2D eigenvalue weighted by Gasteiger charge is 2.24. The molecule has 0 amide bonds. The van der Waals surface area contributed by atoms with Crippen molar-refractivity contribution in [2.75, 3.05) is 10.3 Å². The van der Waals surface area contributed by atoms with Crippen molar-refractivity contribution >= 4 is 21.7 Å². The van der Waals surface area contributed by atoms with Gasteiger partial charge in [0.1, 0.15) is 5.69 Å². The van der Waals surface area contributed by atoms with Gasteiger partial charge in [0.05, 0.1) is 11.3 Å². The van der Waals surface area contributed by atoms with Crippen LogP contribution in [0.5, 0.6) is 0 Å². The van der Waals surface area contributed by atoms with Crippen molar-refractivity contribution in [3.63, 3.8) is 0 Å². The molecule has 1 N–H and O–H groups in total. The minimum atomic E-state index is -4.10. The van der Waals surface area contributed by atoms with E-state index in [1.54, 1.807) is 0 Å². The van der Waals surface area contributed by atoms with Crippen LogP contribution in [0.25, 0.3) is 0 Å². The van der Waals surface area contributed by atoms with Crippen LogP contribution in [0.1, 0.15) is 17.3 Å². The Labute approximate surface area is 92.1 Å². The summed E-state index contributed by atoms with van der Waals surface area (Å²) in [7, 11) is -4.10. The lowest BCUT2D eigenvalue weighted by Gasteiger charge is -2.14. The SMILES string of the molecule is CCS(=O)(=O)N(F)c1ccccc1C(=O)O. The van der Waals surface area contributed by atoms with E-state index in [1.807, 2.05) is 0 Å². The fourth-order valence-corrected chi connectivity index (χ4v) is 1.76. The van der Waals surface area contributed by atoms with Crippen molar-refractivity contribution in [1.82, 2.24) is 0 Å². The molecule has 5 nitrogen and oxygen atoms in total. The van der Waals surface area contributed by atoms with Gasteiger partial charge < -0.3 is 5.11 Å². The maximum absolute atomic E-state index is 13.5. The average Bonchev–Trinajstić information content (AvgIpc) is 2.28. The number of aromatic carboxylic acids is 1. The zero-order chi connectivity index (χ0) is 12.3. The summed E-state index contributed by atoms with van der Waals surface area (Å²) in [6.07, 6.45) is 0. The lowest BCUT2D eigenvalue weighted by molar-refractivity contribution is 0.0697. The van der Waals surface area contributed by atoms with E-state index >= 15 is 0 Å². The van der Waals surface area contributed by atoms with Crippen molar-refractivity contribution in [3.8, 4) is 0 Å². The van der Waals surface area contributed by atoms with E-state index in [1.165, 1.54) is 19.1 Å². The van der Waals surface area contributed by atoms with Gasteiger partial charge in [0.25, 0.3) is 10.0 Å². The van der Waals surface area contributed by atoms with Crippen molar-refractivity contribution in [2.45, 2.75) is 6.92 Å². The lowest BCUT2D eigenvalue weighted by atomic mass is 10.2. The van der Waals surface area contributed by atoms with Gasteiger partial charge in [-0.2, -0.15) is 0 Å². The molecule has 1 aromatic rings. The van der Waals surface area contributed by atoms with E-state index in [-0.39, 0.29) is 0 Å². The van der Waals surface area contributed by atoms with Crippen molar-refractivity contribution in [2.24, 2.45) is 0 Å². The van der Waals surface area contributed by atoms with Gasteiger partial charge in [-0.15, -0.1) is 4.53 Å². The van der Waals surface area contributed by atoms with Crippen LogP contribution in [0.4, 0.5) is 10.2 Å². The molecule has 1 aromatic carbocycles. The first-order valence-electron chi connectivity index (χ1n) is 4.41. The molecule has 0 aliphatic rings. The Morgan fingerprint density at radius 1 is 1.44 bits per heavy atom. The molecule has 0 aliphatic heterocycles. The number of rotatable bonds is 4. The molecular weight excluding hydrogens is 237 g/mol. The highest BCUT2D eigenvalue weighted by molar-refractivity contribution is 7.92. The zero-order valence-corrected chi connectivity index (χ0v) is 9.24. The van der Waals surface area contributed by atoms with E-state index in [4.69, 9.17) is 5.11 Å². The molecule has 16 heavy (non-hydrogen) atoms. The van der Waals surface area contributed by atoms with Crippen LogP contribution in [-0.4, -0.2) is 25.2 Å². The second-order valence-electron chi connectivity index (χ2n) is 2.94. The highest BCUT2D eigenvalue weighted by Crippen LogP contribution is 2.23. The Hall–Kier alpha value is -1.63. The molecule has 1 rings (SSSR count). The van der Waals surface area contributed by atoms with E-state index in [9.17, 15) is 17.7 Å². The van der Waals surface area contributed by atoms with Crippen LogP contribution >= 0.6 is 0 Å². The summed E-state index contributed by atoms with van der Waals surface area (Å²) >= 11 is 0. The van der Waals surface area contributed by atoms with Crippen molar-refractivity contribution in [3.05, 3.63) is 29.8 Å². The summed E-state index contributed by atoms with van der Waals surface area (Å²) < 4.78 is 35.5. The molecule has 0 saturated carbocycles. The Balaban J connectivity index is 3.29. The second-order valence-corrected chi connectivity index (χ2v) is 5.00. The summed E-state index contributed by atoms with van der Waals surface area (Å²) in [5, 5.41) is 8.76. The first-order chi connectivity index (χ1) is 7.40. The standard InChI is InChI=1S/C9H10FNO4S/c1-2-16(14,15)11(10)8-6-4-3-5-7(8)9(12)13/h3-6H,2H2,1H3,(H,12,13). The van der Waals surface area contributed by atoms with Crippen LogP contribution in [0.3, 0.4) is 0 Å². The van der Waals surface area contributed by atoms with Crippen LogP contribution in [0.15, 0.2) is 24.3 Å². The Morgan fingerprint density at radius 2 is 2.00 bits per heavy atom. The van der Waals surface area contributed by atoms with E-state index < -0.39 is 37.5 Å². The molecular formula is C9H10FNO4S. The molecule has 7 heteroatoms. The second kappa shape index (κ2) is 4.48. The average molecular weight is 247 g/mol. The molecule has 0 unspecified atom stereocenters. The number of hydrogen-bond donors (Lipinski definition) is 1. The van der Waals surface area contributed by atoms with E-state index in [0.29, 0.717) is 0 Å². The summed E-state index contributed by atoms with van der Waals surface area (Å²) in [5.74, 6) is -1.83. The molecule has 0 aromatic heterocycles. The molecule has 0 bridgehead atoms. The number of halogens is 1. The largest absolute Gasteiger partial charge is 0.478 e. The van der Waals surface area contributed by atoms with E-state index in [2.05, 4.69) is 0 Å². The van der Waals surface area contributed by atoms with Crippen LogP contribution < -0.4 is 4.53 Å². The summed E-state index contributed by atoms with van der Waals surface area (Å²) in [5.41, 5.74) is -0.890. The predicted molar refractivity (Wildman–Crippen MR) is 56.4 cm³/mol. The minimum absolute atomic E-state index is 0.401. The topological polar surface area (TPSA) is 74.7 Å². The number of carboxylic acids is 1. The van der Waals surface area contributed by atoms with Gasteiger partial charge in [0, 0.05) is 0 Å². The Kier molecular flexibility index (Phi) is 3.48. The first kappa shape index (κ1) is 12.4. The molecule has 0 saturated heterocycles. The maximum atomic E-state index is 13.5. The number of sulfonamides is 1. The fraction of sp³-hybridized carbons (Fsp3) is 0.222. The zero-order valence-electron chi connectivity index (χ0n) is 8.42. The van der Waals surface area contributed by atoms with Gasteiger partial charge in [-0.05, 0) is 19.1 Å². The number of anilines is 1. The maximum Gasteiger partial charge on any atom is 0.337 e. The lowest BCUT2D eigenvalue weighted by Crippen LogP contribution is -2.25. The number of carboxylic acid groups (broad SMARTS) is 1. The van der Waals surface area contributed by atoms with Gasteiger partial charge in [-0.1, -0.05) is 16.6 Å². The van der Waals surface area contributed by atoms with Gasteiger partial charge >= 0.3 is 5.97 Å². The molecule has 0 heterocycles. The summed E-state index contributed by atoms with van der Waals surface area (Å²) in [6, 6.07) is 4.98. The Morgan fingerprint density at radius 3 is 2.50 bits per heavy atom. The third kappa shape index (κ3) is 2.30. The molecule has 0 aliphatic carbocycles. The van der Waals surface area contributed by atoms with Gasteiger partial charge in [0.2, 0.25) is 0 Å². The third-order valence-corrected chi connectivity index (χ3v) is 3.35. The summed E-state index contributed by atoms with van der Waals surface area (Å²) in [4.78, 5) is 10.8. The quantitative estimate of drug-likeness (QED) is 0.816. The number of carbonyl (C=O) groups is 1. The smallest absolute Gasteiger partial charge is 0.337 e. The highest BCUT2D eigenvalue weighted by atomic mass is 32.2. The fourth-order valence-electron chi connectivity index (χ4n) is 1.07. The Bertz CT molecular complexity index is 500. The van der Waals surface area contributed by atoms with Crippen LogP contribution in [-0.2, 0) is 10.0 Å². The summed E-state index contributed by atoms with van der Waals surface area (Å²) in [6.45, 7) is 1.27. The minimum Gasteiger partial charge on any atom is -0.478 e. The third-order valence-electron chi connectivity index (χ3n) is 1.93. The number of para-hydroxylation sites is 1. The van der Waals surface area contributed by atoms with E-state index in [0.717, 1.165) is 12.1 Å². The number of nitrogens with zero attached hydrogens (tertiary/aromatic N) is 1. The van der Waals surface area contributed by atoms with Crippen LogP contribution in [0.2, 0.25) is 0 Å². The van der Waals surface area contributed by atoms with Gasteiger partial charge in [-0.3, -0.25) is 0 Å².